The maximum Gasteiger partial charge on any atom is 0.410 e. The Bertz CT molecular complexity index is 678. The summed E-state index contributed by atoms with van der Waals surface area (Å²) in [6.07, 6.45) is 1.81. The Morgan fingerprint density at radius 2 is 0.941 bits per heavy atom. The Morgan fingerprint density at radius 3 is 1.18 bits per heavy atom. The predicted octanol–water partition coefficient (Wildman–Crippen LogP) is 4.21. The van der Waals surface area contributed by atoms with E-state index >= 15 is 0 Å². The van der Waals surface area contributed by atoms with E-state index in [9.17, 15) is 19.2 Å². The number of piperidine rings is 2. The molecule has 0 aliphatic carbocycles. The third kappa shape index (κ3) is 9.77. The maximum atomic E-state index is 11.9. The number of hydrogen-bond acceptors (Lipinski definition) is 6. The van der Waals surface area contributed by atoms with Gasteiger partial charge in [0.25, 0.3) is 0 Å². The van der Waals surface area contributed by atoms with Crippen molar-refractivity contribution in [1.82, 2.24) is 9.80 Å². The molecule has 2 aliphatic rings. The molecule has 0 spiro atoms. The molecule has 0 aromatic carbocycles. The summed E-state index contributed by atoms with van der Waals surface area (Å²) in [4.78, 5) is 48.7. The topological polar surface area (TPSA) is 134 Å². The smallest absolute Gasteiger partial charge is 0.410 e. The lowest BCUT2D eigenvalue weighted by molar-refractivity contribution is -0.145. The van der Waals surface area contributed by atoms with Gasteiger partial charge in [0, 0.05) is 25.2 Å². The predicted molar refractivity (Wildman–Crippen MR) is 126 cm³/mol. The van der Waals surface area contributed by atoms with E-state index in [0.29, 0.717) is 25.7 Å². The standard InChI is InChI=1S/2C12H21NO4/c2*1-8-5-6-9(10(14)15)7-13(8)11(16)17-12(2,3)4/h2*8-9H,5-7H2,1-4H3,(H,14,15)/t2*8-,9+/m10/s1. The molecule has 34 heavy (non-hydrogen) atoms. The zero-order chi connectivity index (χ0) is 26.4. The second-order valence-corrected chi connectivity index (χ2v) is 11.2. The molecule has 4 atom stereocenters. The summed E-state index contributed by atoms with van der Waals surface area (Å²) >= 11 is 0. The van der Waals surface area contributed by atoms with E-state index in [4.69, 9.17) is 19.7 Å². The van der Waals surface area contributed by atoms with Gasteiger partial charge >= 0.3 is 24.1 Å². The fourth-order valence-corrected chi connectivity index (χ4v) is 3.77. The SMILES string of the molecule is C[C@@H]1CC[C@H](C(=O)O)CN1C(=O)OC(C)(C)C.C[C@H]1CC[C@@H](C(=O)O)CN1C(=O)OC(C)(C)C. The lowest BCUT2D eigenvalue weighted by Crippen LogP contribution is -2.49. The van der Waals surface area contributed by atoms with Crippen molar-refractivity contribution in [3.63, 3.8) is 0 Å². The Hall–Kier alpha value is -2.52. The Labute approximate surface area is 202 Å². The number of likely N-dealkylation sites (tertiary alicyclic amines) is 2. The number of rotatable bonds is 2. The number of amides is 2. The number of carbonyl (C=O) groups excluding carboxylic acids is 2. The molecule has 0 saturated carbocycles. The van der Waals surface area contributed by atoms with Crippen LogP contribution in [0.25, 0.3) is 0 Å². The molecular formula is C24H42N2O8. The highest BCUT2D eigenvalue weighted by Gasteiger charge is 2.36. The molecular weight excluding hydrogens is 444 g/mol. The number of ether oxygens (including phenoxy) is 2. The largest absolute Gasteiger partial charge is 0.481 e. The average molecular weight is 487 g/mol. The van der Waals surface area contributed by atoms with E-state index in [1.165, 1.54) is 9.80 Å². The minimum Gasteiger partial charge on any atom is -0.481 e. The van der Waals surface area contributed by atoms with E-state index in [1.54, 1.807) is 41.5 Å². The molecule has 2 saturated heterocycles. The van der Waals surface area contributed by atoms with Gasteiger partial charge in [-0.1, -0.05) is 0 Å². The molecule has 0 aromatic rings. The van der Waals surface area contributed by atoms with Gasteiger partial charge in [-0.15, -0.1) is 0 Å². The quantitative estimate of drug-likeness (QED) is 0.593. The van der Waals surface area contributed by atoms with Crippen LogP contribution < -0.4 is 0 Å². The van der Waals surface area contributed by atoms with Crippen LogP contribution in [0.2, 0.25) is 0 Å². The van der Waals surface area contributed by atoms with Gasteiger partial charge in [-0.25, -0.2) is 9.59 Å². The molecule has 2 amide bonds. The van der Waals surface area contributed by atoms with Crippen LogP contribution in [0.15, 0.2) is 0 Å². The number of aliphatic carboxylic acids is 2. The first-order valence-corrected chi connectivity index (χ1v) is 11.9. The zero-order valence-electron chi connectivity index (χ0n) is 21.8. The summed E-state index contributed by atoms with van der Waals surface area (Å²) < 4.78 is 10.5. The van der Waals surface area contributed by atoms with E-state index in [-0.39, 0.29) is 25.2 Å². The summed E-state index contributed by atoms with van der Waals surface area (Å²) in [7, 11) is 0. The molecule has 2 N–H and O–H groups in total. The lowest BCUT2D eigenvalue weighted by Gasteiger charge is -2.37. The summed E-state index contributed by atoms with van der Waals surface area (Å²) in [5.41, 5.74) is -1.10. The highest BCUT2D eigenvalue weighted by molar-refractivity contribution is 5.74. The van der Waals surface area contributed by atoms with Crippen molar-refractivity contribution < 1.29 is 38.9 Å². The molecule has 10 heteroatoms. The number of carboxylic acids is 2. The highest BCUT2D eigenvalue weighted by atomic mass is 16.6. The third-order valence-electron chi connectivity index (χ3n) is 5.72. The van der Waals surface area contributed by atoms with Crippen LogP contribution in [0.4, 0.5) is 9.59 Å². The van der Waals surface area contributed by atoms with Crippen LogP contribution in [0.3, 0.4) is 0 Å². The van der Waals surface area contributed by atoms with E-state index < -0.39 is 47.2 Å². The molecule has 0 aromatic heterocycles. The first-order valence-electron chi connectivity index (χ1n) is 11.9. The molecule has 0 unspecified atom stereocenters. The van der Waals surface area contributed by atoms with Crippen LogP contribution >= 0.6 is 0 Å². The number of hydrogen-bond donors (Lipinski definition) is 2. The monoisotopic (exact) mass is 486 g/mol. The molecule has 0 radical (unpaired) electrons. The Balaban J connectivity index is 0.000000340. The molecule has 196 valence electrons. The van der Waals surface area contributed by atoms with Gasteiger partial charge < -0.3 is 29.5 Å². The number of carbonyl (C=O) groups is 4. The van der Waals surface area contributed by atoms with E-state index in [1.807, 2.05) is 13.8 Å². The van der Waals surface area contributed by atoms with Crippen molar-refractivity contribution in [2.75, 3.05) is 13.1 Å². The molecule has 2 rings (SSSR count). The van der Waals surface area contributed by atoms with Gasteiger partial charge in [0.05, 0.1) is 11.8 Å². The fourth-order valence-electron chi connectivity index (χ4n) is 3.77. The Morgan fingerprint density at radius 1 is 0.647 bits per heavy atom. The fraction of sp³-hybridized carbons (Fsp3) is 0.833. The molecule has 0 bridgehead atoms. The summed E-state index contributed by atoms with van der Waals surface area (Å²) in [6, 6.07) is 0.0842. The molecule has 2 heterocycles. The van der Waals surface area contributed by atoms with Crippen molar-refractivity contribution in [1.29, 1.82) is 0 Å². The average Bonchev–Trinajstić information content (AvgIpc) is 2.66. The second kappa shape index (κ2) is 11.8. The number of carboxylic acid groups (broad SMARTS) is 2. The number of nitrogens with zero attached hydrogens (tertiary/aromatic N) is 2. The maximum absolute atomic E-state index is 11.9. The van der Waals surface area contributed by atoms with Gasteiger partial charge in [0.15, 0.2) is 0 Å². The van der Waals surface area contributed by atoms with E-state index in [2.05, 4.69) is 0 Å². The molecule has 10 nitrogen and oxygen atoms in total. The van der Waals surface area contributed by atoms with Gasteiger partial charge in [-0.2, -0.15) is 0 Å². The summed E-state index contributed by atoms with van der Waals surface area (Å²) in [6.45, 7) is 15.1. The van der Waals surface area contributed by atoms with Crippen LogP contribution in [0.5, 0.6) is 0 Å². The first-order chi connectivity index (χ1) is 15.4. The van der Waals surface area contributed by atoms with Crippen LogP contribution in [0, 0.1) is 11.8 Å². The van der Waals surface area contributed by atoms with Crippen molar-refractivity contribution >= 4 is 24.1 Å². The van der Waals surface area contributed by atoms with Crippen LogP contribution in [0.1, 0.15) is 81.1 Å². The van der Waals surface area contributed by atoms with Crippen LogP contribution in [-0.2, 0) is 19.1 Å². The van der Waals surface area contributed by atoms with Crippen molar-refractivity contribution in [3.8, 4) is 0 Å². The van der Waals surface area contributed by atoms with Gasteiger partial charge in [0.1, 0.15) is 11.2 Å². The zero-order valence-corrected chi connectivity index (χ0v) is 21.8. The van der Waals surface area contributed by atoms with Gasteiger partial charge in [0.2, 0.25) is 0 Å². The van der Waals surface area contributed by atoms with Crippen LogP contribution in [-0.4, -0.2) is 80.5 Å². The van der Waals surface area contributed by atoms with Gasteiger partial charge in [-0.05, 0) is 81.1 Å². The van der Waals surface area contributed by atoms with Crippen molar-refractivity contribution in [2.24, 2.45) is 11.8 Å². The third-order valence-corrected chi connectivity index (χ3v) is 5.72. The van der Waals surface area contributed by atoms with E-state index in [0.717, 1.165) is 0 Å². The molecule has 2 fully saturated rings. The summed E-state index contributed by atoms with van der Waals surface area (Å²) in [5, 5.41) is 18.0. The Kier molecular flexibility index (Phi) is 10.2. The highest BCUT2D eigenvalue weighted by Crippen LogP contribution is 2.25. The molecule has 2 aliphatic heterocycles. The van der Waals surface area contributed by atoms with Gasteiger partial charge in [-0.3, -0.25) is 9.59 Å². The van der Waals surface area contributed by atoms with Crippen molar-refractivity contribution in [3.05, 3.63) is 0 Å². The minimum atomic E-state index is -0.842. The van der Waals surface area contributed by atoms with Crippen molar-refractivity contribution in [2.45, 2.75) is 104 Å². The normalized spacial score (nSPS) is 25.5. The minimum absolute atomic E-state index is 0.0421. The second-order valence-electron chi connectivity index (χ2n) is 11.2. The lowest BCUT2D eigenvalue weighted by atomic mass is 9.94. The first kappa shape index (κ1) is 29.5. The summed E-state index contributed by atoms with van der Waals surface area (Å²) in [5.74, 6) is -2.63.